The minimum atomic E-state index is -0.269. The number of aromatic nitrogens is 1. The zero-order valence-corrected chi connectivity index (χ0v) is 13.6. The molecule has 3 aromatic rings. The third kappa shape index (κ3) is 3.08. The van der Waals surface area contributed by atoms with E-state index in [2.05, 4.69) is 0 Å². The molecular weight excluding hydrogens is 305 g/mol. The first-order valence-electron chi connectivity index (χ1n) is 7.71. The van der Waals surface area contributed by atoms with Gasteiger partial charge in [-0.25, -0.2) is 4.39 Å². The summed E-state index contributed by atoms with van der Waals surface area (Å²) in [5.74, 6) is 0.397. The summed E-state index contributed by atoms with van der Waals surface area (Å²) in [6, 6.07) is 16.0. The van der Waals surface area contributed by atoms with Crippen molar-refractivity contribution in [3.63, 3.8) is 0 Å². The van der Waals surface area contributed by atoms with E-state index in [1.54, 1.807) is 18.2 Å². The summed E-state index contributed by atoms with van der Waals surface area (Å²) < 4.78 is 21.3. The number of aldehydes is 1. The Hall–Kier alpha value is -2.88. The van der Waals surface area contributed by atoms with E-state index in [9.17, 15) is 9.18 Å². The monoisotopic (exact) mass is 323 g/mol. The first-order valence-corrected chi connectivity index (χ1v) is 7.71. The fourth-order valence-electron chi connectivity index (χ4n) is 2.77. The van der Waals surface area contributed by atoms with E-state index in [0.29, 0.717) is 16.9 Å². The molecule has 0 radical (unpaired) electrons. The van der Waals surface area contributed by atoms with Gasteiger partial charge in [-0.15, -0.1) is 0 Å². The van der Waals surface area contributed by atoms with E-state index in [-0.39, 0.29) is 12.4 Å². The van der Waals surface area contributed by atoms with Crippen molar-refractivity contribution in [3.05, 3.63) is 82.9 Å². The van der Waals surface area contributed by atoms with Crippen molar-refractivity contribution in [3.8, 4) is 11.4 Å². The number of hydrogen-bond donors (Lipinski definition) is 0. The van der Waals surface area contributed by atoms with E-state index in [1.165, 1.54) is 6.07 Å². The highest BCUT2D eigenvalue weighted by Crippen LogP contribution is 2.22. The number of nitrogens with zero attached hydrogens (tertiary/aromatic N) is 1. The minimum absolute atomic E-state index is 0.183. The van der Waals surface area contributed by atoms with Crippen LogP contribution >= 0.6 is 0 Å². The molecule has 0 N–H and O–H groups in total. The molecule has 0 fully saturated rings. The van der Waals surface area contributed by atoms with Crippen LogP contribution < -0.4 is 4.74 Å². The number of halogens is 1. The maximum Gasteiger partial charge on any atom is 0.151 e. The summed E-state index contributed by atoms with van der Waals surface area (Å²) in [4.78, 5) is 11.1. The molecule has 24 heavy (non-hydrogen) atoms. The second-order valence-corrected chi connectivity index (χ2v) is 5.65. The van der Waals surface area contributed by atoms with E-state index in [4.69, 9.17) is 4.74 Å². The van der Waals surface area contributed by atoms with Crippen molar-refractivity contribution in [1.82, 2.24) is 4.57 Å². The van der Waals surface area contributed by atoms with Gasteiger partial charge in [0.15, 0.2) is 6.29 Å². The number of rotatable bonds is 5. The summed E-state index contributed by atoms with van der Waals surface area (Å²) in [6.45, 7) is 4.06. The molecular formula is C20H18FNO2. The van der Waals surface area contributed by atoms with E-state index < -0.39 is 0 Å². The van der Waals surface area contributed by atoms with Crippen LogP contribution in [-0.2, 0) is 6.61 Å². The molecule has 0 spiro atoms. The highest BCUT2D eigenvalue weighted by molar-refractivity contribution is 5.77. The largest absolute Gasteiger partial charge is 0.489 e. The van der Waals surface area contributed by atoms with Gasteiger partial charge in [0.1, 0.15) is 18.2 Å². The third-order valence-electron chi connectivity index (χ3n) is 4.04. The Morgan fingerprint density at radius 3 is 2.42 bits per heavy atom. The zero-order valence-electron chi connectivity index (χ0n) is 13.6. The van der Waals surface area contributed by atoms with Crippen LogP contribution in [0.2, 0.25) is 0 Å². The Morgan fingerprint density at radius 1 is 1.08 bits per heavy atom. The highest BCUT2D eigenvalue weighted by atomic mass is 19.1. The Labute approximate surface area is 140 Å². The topological polar surface area (TPSA) is 31.2 Å². The second-order valence-electron chi connectivity index (χ2n) is 5.65. The fourth-order valence-corrected chi connectivity index (χ4v) is 2.77. The van der Waals surface area contributed by atoms with Gasteiger partial charge in [-0.1, -0.05) is 18.2 Å². The molecule has 0 amide bonds. The van der Waals surface area contributed by atoms with Crippen LogP contribution in [0.3, 0.4) is 0 Å². The fraction of sp³-hybridized carbons (Fsp3) is 0.150. The lowest BCUT2D eigenvalue weighted by Crippen LogP contribution is -2.01. The molecule has 0 saturated heterocycles. The van der Waals surface area contributed by atoms with Gasteiger partial charge in [0.05, 0.1) is 0 Å². The van der Waals surface area contributed by atoms with Gasteiger partial charge < -0.3 is 9.30 Å². The number of aryl methyl sites for hydroxylation is 1. The first kappa shape index (κ1) is 16.0. The summed E-state index contributed by atoms with van der Waals surface area (Å²) in [5, 5.41) is 0. The molecule has 0 aliphatic heterocycles. The smallest absolute Gasteiger partial charge is 0.151 e. The van der Waals surface area contributed by atoms with E-state index >= 15 is 0 Å². The van der Waals surface area contributed by atoms with Gasteiger partial charge in [-0.3, -0.25) is 4.79 Å². The Balaban J connectivity index is 1.78. The van der Waals surface area contributed by atoms with Crippen molar-refractivity contribution in [2.75, 3.05) is 0 Å². The summed E-state index contributed by atoms with van der Waals surface area (Å²) in [6.07, 6.45) is 0.866. The predicted molar refractivity (Wildman–Crippen MR) is 91.4 cm³/mol. The molecule has 3 nitrogen and oxygen atoms in total. The maximum atomic E-state index is 13.6. The minimum Gasteiger partial charge on any atom is -0.489 e. The Kier molecular flexibility index (Phi) is 4.47. The molecule has 0 saturated carbocycles. The summed E-state index contributed by atoms with van der Waals surface area (Å²) in [7, 11) is 0. The summed E-state index contributed by atoms with van der Waals surface area (Å²) >= 11 is 0. The van der Waals surface area contributed by atoms with E-state index in [1.807, 2.05) is 48.7 Å². The molecule has 3 rings (SSSR count). The number of carbonyl (C=O) groups is 1. The molecule has 0 bridgehead atoms. The molecule has 122 valence electrons. The molecule has 1 aromatic heterocycles. The standard InChI is InChI=1S/C20H18FNO2/c1-14-11-17(12-23)15(2)22(14)18-7-9-19(10-8-18)24-13-16-5-3-4-6-20(16)21/h3-12H,13H2,1-2H3. The first-order chi connectivity index (χ1) is 11.6. The lowest BCUT2D eigenvalue weighted by Gasteiger charge is -2.11. The normalized spacial score (nSPS) is 10.6. The number of ether oxygens (including phenoxy) is 1. The van der Waals surface area contributed by atoms with Crippen LogP contribution in [-0.4, -0.2) is 10.9 Å². The van der Waals surface area contributed by atoms with Crippen molar-refractivity contribution < 1.29 is 13.9 Å². The maximum absolute atomic E-state index is 13.6. The second kappa shape index (κ2) is 6.71. The lowest BCUT2D eigenvalue weighted by atomic mass is 10.2. The molecule has 0 aliphatic carbocycles. The van der Waals surface area contributed by atoms with Crippen LogP contribution in [0.25, 0.3) is 5.69 Å². The SMILES string of the molecule is Cc1cc(C=O)c(C)n1-c1ccc(OCc2ccccc2F)cc1. The Morgan fingerprint density at radius 2 is 1.79 bits per heavy atom. The van der Waals surface area contributed by atoms with E-state index in [0.717, 1.165) is 23.4 Å². The van der Waals surface area contributed by atoms with Crippen LogP contribution in [0.1, 0.15) is 27.3 Å². The molecule has 1 heterocycles. The van der Waals surface area contributed by atoms with Crippen LogP contribution in [0.15, 0.2) is 54.6 Å². The predicted octanol–water partition coefficient (Wildman–Crippen LogP) is 4.62. The van der Waals surface area contributed by atoms with Crippen molar-refractivity contribution >= 4 is 6.29 Å². The zero-order chi connectivity index (χ0) is 17.1. The van der Waals surface area contributed by atoms with Crippen molar-refractivity contribution in [2.24, 2.45) is 0 Å². The van der Waals surface area contributed by atoms with Crippen LogP contribution in [0.5, 0.6) is 5.75 Å². The van der Waals surface area contributed by atoms with Gasteiger partial charge in [-0.05, 0) is 50.2 Å². The molecule has 0 atom stereocenters. The van der Waals surface area contributed by atoms with Crippen molar-refractivity contribution in [1.29, 1.82) is 0 Å². The average Bonchev–Trinajstić information content (AvgIpc) is 2.88. The number of benzene rings is 2. The third-order valence-corrected chi connectivity index (χ3v) is 4.04. The average molecular weight is 323 g/mol. The van der Waals surface area contributed by atoms with Gasteiger partial charge in [0.25, 0.3) is 0 Å². The number of carbonyl (C=O) groups excluding carboxylic acids is 1. The lowest BCUT2D eigenvalue weighted by molar-refractivity contribution is 0.112. The van der Waals surface area contributed by atoms with Crippen LogP contribution in [0, 0.1) is 19.7 Å². The van der Waals surface area contributed by atoms with Gasteiger partial charge in [0, 0.05) is 28.2 Å². The quantitative estimate of drug-likeness (QED) is 0.641. The molecule has 0 unspecified atom stereocenters. The van der Waals surface area contributed by atoms with Gasteiger partial charge in [-0.2, -0.15) is 0 Å². The Bertz CT molecular complexity index is 866. The highest BCUT2D eigenvalue weighted by Gasteiger charge is 2.10. The van der Waals surface area contributed by atoms with Crippen molar-refractivity contribution in [2.45, 2.75) is 20.5 Å². The van der Waals surface area contributed by atoms with Gasteiger partial charge in [0.2, 0.25) is 0 Å². The summed E-state index contributed by atoms with van der Waals surface area (Å²) in [5.41, 5.74) is 4.06. The number of hydrogen-bond acceptors (Lipinski definition) is 2. The molecule has 4 heteroatoms. The van der Waals surface area contributed by atoms with Crippen LogP contribution in [0.4, 0.5) is 4.39 Å². The molecule has 0 aliphatic rings. The van der Waals surface area contributed by atoms with Gasteiger partial charge >= 0.3 is 0 Å². The molecule has 2 aromatic carbocycles.